The molecule has 2 saturated heterocycles. The van der Waals surface area contributed by atoms with E-state index >= 15 is 0 Å². The summed E-state index contributed by atoms with van der Waals surface area (Å²) in [6, 6.07) is 0. The smallest absolute Gasteiger partial charge is 0.164 e. The van der Waals surface area contributed by atoms with E-state index in [0.717, 1.165) is 5.82 Å². The predicted octanol–water partition coefficient (Wildman–Crippen LogP) is 1.92. The Balaban J connectivity index is 2.07. The van der Waals surface area contributed by atoms with Crippen molar-refractivity contribution >= 4 is 7.28 Å². The molecule has 2 heterocycles. The fraction of sp³-hybridized carbons (Fsp3) is 1.00. The Morgan fingerprint density at radius 1 is 1.27 bits per heavy atom. The highest BCUT2D eigenvalue weighted by molar-refractivity contribution is 6.42. The fourth-order valence-corrected chi connectivity index (χ4v) is 2.92. The molecule has 2 aliphatic heterocycles. The normalized spacial score (nSPS) is 43.2. The van der Waals surface area contributed by atoms with Gasteiger partial charge in [-0.15, -0.1) is 0 Å². The number of methoxy groups -OCH3 is 1. The number of rotatable bonds is 1. The molecule has 11 heavy (non-hydrogen) atoms. The summed E-state index contributed by atoms with van der Waals surface area (Å²) in [5, 5.41) is 0. The lowest BCUT2D eigenvalue weighted by molar-refractivity contribution is 0.0251. The minimum Gasteiger partial charge on any atom is -0.387 e. The van der Waals surface area contributed by atoms with E-state index in [1.165, 1.54) is 45.8 Å². The van der Waals surface area contributed by atoms with Gasteiger partial charge in [-0.05, 0) is 12.8 Å². The number of fused-ring (bicyclic) bond motifs is 2. The lowest BCUT2D eigenvalue weighted by atomic mass is 9.41. The Morgan fingerprint density at radius 3 is 2.36 bits per heavy atom. The molecule has 0 unspecified atom stereocenters. The molecular weight excluding hydrogens is 135 g/mol. The Bertz CT molecular complexity index is 136. The van der Waals surface area contributed by atoms with Crippen LogP contribution in [-0.4, -0.2) is 19.9 Å². The third-order valence-corrected chi connectivity index (χ3v) is 3.58. The quantitative estimate of drug-likeness (QED) is 0.521. The van der Waals surface area contributed by atoms with Crippen LogP contribution < -0.4 is 0 Å². The minimum atomic E-state index is 0.321. The second kappa shape index (κ2) is 2.82. The molecule has 2 rings (SSSR count). The zero-order valence-corrected chi connectivity index (χ0v) is 7.44. The van der Waals surface area contributed by atoms with Crippen LogP contribution in [0.15, 0.2) is 0 Å². The zero-order chi connectivity index (χ0) is 7.73. The van der Waals surface area contributed by atoms with Gasteiger partial charge in [-0.25, -0.2) is 0 Å². The van der Waals surface area contributed by atoms with Crippen LogP contribution in [0.5, 0.6) is 0 Å². The van der Waals surface area contributed by atoms with Crippen molar-refractivity contribution in [2.45, 2.75) is 49.8 Å². The molecule has 2 bridgehead atoms. The Kier molecular flexibility index (Phi) is 1.96. The van der Waals surface area contributed by atoms with E-state index < -0.39 is 0 Å². The van der Waals surface area contributed by atoms with Crippen LogP contribution in [0.1, 0.15) is 38.5 Å². The van der Waals surface area contributed by atoms with E-state index in [-0.39, 0.29) is 0 Å². The van der Waals surface area contributed by atoms with Gasteiger partial charge in [0.25, 0.3) is 0 Å². The van der Waals surface area contributed by atoms with Crippen LogP contribution in [0, 0.1) is 0 Å². The Labute approximate surface area is 69.7 Å². The van der Waals surface area contributed by atoms with Crippen molar-refractivity contribution in [3.63, 3.8) is 0 Å². The molecule has 0 aromatic heterocycles. The Morgan fingerprint density at radius 2 is 1.91 bits per heavy atom. The van der Waals surface area contributed by atoms with Crippen LogP contribution in [0.2, 0.25) is 5.82 Å². The highest BCUT2D eigenvalue weighted by Gasteiger charge is 2.40. The second-order valence-electron chi connectivity index (χ2n) is 4.24. The van der Waals surface area contributed by atoms with E-state index in [4.69, 9.17) is 4.74 Å². The van der Waals surface area contributed by atoms with Crippen LogP contribution in [0.4, 0.5) is 0 Å². The van der Waals surface area contributed by atoms with Crippen molar-refractivity contribution in [2.75, 3.05) is 7.11 Å². The summed E-state index contributed by atoms with van der Waals surface area (Å²) < 4.78 is 5.65. The first-order valence-corrected chi connectivity index (χ1v) is 4.90. The second-order valence-corrected chi connectivity index (χ2v) is 4.24. The third-order valence-electron chi connectivity index (χ3n) is 3.58. The van der Waals surface area contributed by atoms with Crippen molar-refractivity contribution in [2.24, 2.45) is 0 Å². The Hall–Kier alpha value is 0.0249. The van der Waals surface area contributed by atoms with E-state index in [2.05, 4.69) is 0 Å². The van der Waals surface area contributed by atoms with E-state index in [1.54, 1.807) is 0 Å². The molecule has 2 aliphatic rings. The van der Waals surface area contributed by atoms with Crippen LogP contribution in [0.3, 0.4) is 0 Å². The van der Waals surface area contributed by atoms with Gasteiger partial charge >= 0.3 is 0 Å². The maximum atomic E-state index is 5.65. The van der Waals surface area contributed by atoms with Gasteiger partial charge in [-0.1, -0.05) is 31.5 Å². The first-order valence-electron chi connectivity index (χ1n) is 4.90. The molecule has 0 aromatic rings. The van der Waals surface area contributed by atoms with Gasteiger partial charge in [0.05, 0.1) is 0 Å². The van der Waals surface area contributed by atoms with Crippen molar-refractivity contribution in [3.8, 4) is 0 Å². The van der Waals surface area contributed by atoms with E-state index in [0.29, 0.717) is 5.50 Å². The fourth-order valence-electron chi connectivity index (χ4n) is 2.92. The molecular formula is C9H17BO. The third kappa shape index (κ3) is 1.33. The topological polar surface area (TPSA) is 9.23 Å². The highest BCUT2D eigenvalue weighted by atomic mass is 16.5. The lowest BCUT2D eigenvalue weighted by Gasteiger charge is -2.43. The van der Waals surface area contributed by atoms with Crippen molar-refractivity contribution in [1.29, 1.82) is 0 Å². The predicted molar refractivity (Wildman–Crippen MR) is 48.3 cm³/mol. The molecule has 1 nitrogen and oxygen atoms in total. The van der Waals surface area contributed by atoms with Gasteiger partial charge in [0, 0.05) is 12.6 Å². The molecule has 0 saturated carbocycles. The summed E-state index contributed by atoms with van der Waals surface area (Å²) >= 11 is 0. The van der Waals surface area contributed by atoms with Gasteiger partial charge < -0.3 is 4.74 Å². The first kappa shape index (κ1) is 7.66. The van der Waals surface area contributed by atoms with E-state index in [1.807, 2.05) is 7.11 Å². The number of hydrogen-bond donors (Lipinski definition) is 0. The zero-order valence-electron chi connectivity index (χ0n) is 7.44. The number of hydrogen-bond acceptors (Lipinski definition) is 1. The maximum absolute atomic E-state index is 5.65. The molecule has 0 spiro atoms. The average Bonchev–Trinajstić information content (AvgIpc) is 2.05. The van der Waals surface area contributed by atoms with Gasteiger partial charge in [-0.3, -0.25) is 0 Å². The van der Waals surface area contributed by atoms with Crippen LogP contribution in [0.25, 0.3) is 0 Å². The summed E-state index contributed by atoms with van der Waals surface area (Å²) in [5.41, 5.74) is 0.321. The average molecular weight is 152 g/mol. The SMILES string of the molecule is COC12BC(CCC1)CCC2. The molecule has 0 amide bonds. The molecule has 0 aromatic carbocycles. The molecule has 2 fully saturated rings. The van der Waals surface area contributed by atoms with Crippen LogP contribution >= 0.6 is 0 Å². The highest BCUT2D eigenvalue weighted by Crippen LogP contribution is 2.42. The summed E-state index contributed by atoms with van der Waals surface area (Å²) in [7, 11) is 3.25. The maximum Gasteiger partial charge on any atom is 0.164 e. The van der Waals surface area contributed by atoms with Crippen molar-refractivity contribution in [1.82, 2.24) is 0 Å². The molecule has 0 radical (unpaired) electrons. The standard InChI is InChI=1S/C9H17BO/c1-11-9-6-2-4-8(10-9)5-3-7-9/h8,10H,2-7H2,1H3. The first-order chi connectivity index (χ1) is 5.35. The largest absolute Gasteiger partial charge is 0.387 e. The summed E-state index contributed by atoms with van der Waals surface area (Å²) in [5.74, 6) is 0.998. The lowest BCUT2D eigenvalue weighted by Crippen LogP contribution is -2.46. The molecule has 0 N–H and O–H groups in total. The summed E-state index contributed by atoms with van der Waals surface area (Å²) in [4.78, 5) is 0. The molecule has 2 heteroatoms. The van der Waals surface area contributed by atoms with Gasteiger partial charge in [0.15, 0.2) is 7.28 Å². The van der Waals surface area contributed by atoms with Gasteiger partial charge in [0.1, 0.15) is 0 Å². The summed E-state index contributed by atoms with van der Waals surface area (Å²) in [6.07, 6.45) is 8.37. The van der Waals surface area contributed by atoms with Gasteiger partial charge in [-0.2, -0.15) is 0 Å². The molecule has 0 atom stereocenters. The van der Waals surface area contributed by atoms with Crippen LogP contribution in [-0.2, 0) is 4.74 Å². The van der Waals surface area contributed by atoms with Crippen molar-refractivity contribution in [3.05, 3.63) is 0 Å². The molecule has 62 valence electrons. The minimum absolute atomic E-state index is 0.321. The monoisotopic (exact) mass is 152 g/mol. The molecule has 0 aliphatic carbocycles. The van der Waals surface area contributed by atoms with Gasteiger partial charge in [0.2, 0.25) is 0 Å². The summed E-state index contributed by atoms with van der Waals surface area (Å²) in [6.45, 7) is 0. The number of ether oxygens (including phenoxy) is 1. The van der Waals surface area contributed by atoms with Crippen molar-refractivity contribution < 1.29 is 4.74 Å². The van der Waals surface area contributed by atoms with E-state index in [9.17, 15) is 0 Å².